The lowest BCUT2D eigenvalue weighted by Crippen LogP contribution is -2.53. The van der Waals surface area contributed by atoms with E-state index in [0.29, 0.717) is 12.1 Å². The summed E-state index contributed by atoms with van der Waals surface area (Å²) in [4.78, 5) is 29.3. The molecule has 1 aliphatic rings. The molecule has 6 heteroatoms. The summed E-state index contributed by atoms with van der Waals surface area (Å²) in [5.74, 6) is -1.36. The largest absolute Gasteiger partial charge is 0.477 e. The van der Waals surface area contributed by atoms with Gasteiger partial charge in [0.2, 0.25) is 0 Å². The number of rotatable bonds is 5. The predicted octanol–water partition coefficient (Wildman–Crippen LogP) is 2.35. The zero-order valence-corrected chi connectivity index (χ0v) is 15.0. The molecule has 0 unspecified atom stereocenters. The predicted molar refractivity (Wildman–Crippen MR) is 98.2 cm³/mol. The standard InChI is InChI=1S/C20H23N3O3/c1-20(2,23-10-9-14-5-3-4-6-16(14)12-23)13-22-18(24)15-7-8-17(19(25)26)21-11-15/h3-8,11H,9-10,12-13H2,1-2H3,(H,22,24)(H,25,26). The highest BCUT2D eigenvalue weighted by Crippen LogP contribution is 2.25. The quantitative estimate of drug-likeness (QED) is 0.862. The number of fused-ring (bicyclic) bond motifs is 1. The van der Waals surface area contributed by atoms with Crippen LogP contribution in [0.15, 0.2) is 42.6 Å². The number of carbonyl (C=O) groups is 2. The molecule has 1 aromatic carbocycles. The molecule has 136 valence electrons. The van der Waals surface area contributed by atoms with Crippen molar-refractivity contribution in [1.29, 1.82) is 0 Å². The Morgan fingerprint density at radius 2 is 1.92 bits per heavy atom. The van der Waals surface area contributed by atoms with E-state index in [0.717, 1.165) is 19.5 Å². The summed E-state index contributed by atoms with van der Waals surface area (Å²) in [7, 11) is 0. The highest BCUT2D eigenvalue weighted by molar-refractivity contribution is 5.94. The second-order valence-electron chi connectivity index (χ2n) is 7.17. The fourth-order valence-electron chi connectivity index (χ4n) is 3.18. The van der Waals surface area contributed by atoms with Gasteiger partial charge in [-0.05, 0) is 43.5 Å². The number of aromatic nitrogens is 1. The van der Waals surface area contributed by atoms with Crippen LogP contribution < -0.4 is 5.32 Å². The average molecular weight is 353 g/mol. The number of pyridine rings is 1. The summed E-state index contributed by atoms with van der Waals surface area (Å²) < 4.78 is 0. The molecule has 26 heavy (non-hydrogen) atoms. The molecule has 2 N–H and O–H groups in total. The first-order valence-electron chi connectivity index (χ1n) is 8.66. The fourth-order valence-corrected chi connectivity index (χ4v) is 3.18. The number of carbonyl (C=O) groups excluding carboxylic acids is 1. The molecular weight excluding hydrogens is 330 g/mol. The molecular formula is C20H23N3O3. The number of aromatic carboxylic acids is 1. The third kappa shape index (κ3) is 3.91. The first kappa shape index (κ1) is 18.1. The number of carboxylic acids is 1. The second kappa shape index (κ2) is 7.25. The van der Waals surface area contributed by atoms with Crippen molar-refractivity contribution in [3.05, 3.63) is 65.0 Å². The number of hydrogen-bond acceptors (Lipinski definition) is 4. The number of benzene rings is 1. The maximum Gasteiger partial charge on any atom is 0.354 e. The van der Waals surface area contributed by atoms with Crippen molar-refractivity contribution in [2.24, 2.45) is 0 Å². The van der Waals surface area contributed by atoms with Gasteiger partial charge in [-0.15, -0.1) is 0 Å². The van der Waals surface area contributed by atoms with Gasteiger partial charge in [-0.1, -0.05) is 24.3 Å². The molecule has 0 saturated heterocycles. The lowest BCUT2D eigenvalue weighted by Gasteiger charge is -2.41. The average Bonchev–Trinajstić information content (AvgIpc) is 2.65. The number of nitrogens with one attached hydrogen (secondary N) is 1. The van der Waals surface area contributed by atoms with E-state index in [1.54, 1.807) is 0 Å². The third-order valence-corrected chi connectivity index (χ3v) is 4.91. The van der Waals surface area contributed by atoms with Crippen LogP contribution in [0.25, 0.3) is 0 Å². The van der Waals surface area contributed by atoms with E-state index in [9.17, 15) is 9.59 Å². The summed E-state index contributed by atoms with van der Waals surface area (Å²) in [6, 6.07) is 11.3. The van der Waals surface area contributed by atoms with E-state index < -0.39 is 5.97 Å². The molecule has 1 aromatic heterocycles. The van der Waals surface area contributed by atoms with Crippen molar-refractivity contribution in [3.8, 4) is 0 Å². The lowest BCUT2D eigenvalue weighted by atomic mass is 9.94. The normalized spacial score (nSPS) is 14.5. The zero-order chi connectivity index (χ0) is 18.7. The molecule has 0 aliphatic carbocycles. The fraction of sp³-hybridized carbons (Fsp3) is 0.350. The van der Waals surface area contributed by atoms with Gasteiger partial charge in [-0.3, -0.25) is 9.69 Å². The SMILES string of the molecule is CC(C)(CNC(=O)c1ccc(C(=O)O)nc1)N1CCc2ccccc2C1. The van der Waals surface area contributed by atoms with Gasteiger partial charge >= 0.3 is 5.97 Å². The van der Waals surface area contributed by atoms with E-state index in [1.165, 1.54) is 29.5 Å². The highest BCUT2D eigenvalue weighted by atomic mass is 16.4. The van der Waals surface area contributed by atoms with E-state index in [-0.39, 0.29) is 17.1 Å². The van der Waals surface area contributed by atoms with Crippen LogP contribution in [0.5, 0.6) is 0 Å². The van der Waals surface area contributed by atoms with Crippen LogP contribution >= 0.6 is 0 Å². The van der Waals surface area contributed by atoms with Gasteiger partial charge in [0.15, 0.2) is 0 Å². The van der Waals surface area contributed by atoms with Crippen LogP contribution in [-0.2, 0) is 13.0 Å². The molecule has 0 radical (unpaired) electrons. The molecule has 0 bridgehead atoms. The Labute approximate surface area is 152 Å². The summed E-state index contributed by atoms with van der Waals surface area (Å²) in [5, 5.41) is 11.8. The molecule has 0 saturated carbocycles. The molecule has 0 atom stereocenters. The first-order valence-corrected chi connectivity index (χ1v) is 8.66. The van der Waals surface area contributed by atoms with Gasteiger partial charge in [-0.2, -0.15) is 0 Å². The van der Waals surface area contributed by atoms with Crippen LogP contribution in [0.3, 0.4) is 0 Å². The van der Waals surface area contributed by atoms with Gasteiger partial charge in [0.05, 0.1) is 5.56 Å². The monoisotopic (exact) mass is 353 g/mol. The topological polar surface area (TPSA) is 82.5 Å². The Balaban J connectivity index is 1.61. The van der Waals surface area contributed by atoms with E-state index in [1.807, 2.05) is 0 Å². The Bertz CT molecular complexity index is 815. The molecule has 1 aliphatic heterocycles. The summed E-state index contributed by atoms with van der Waals surface area (Å²) in [5.41, 5.74) is 2.82. The molecule has 0 spiro atoms. The van der Waals surface area contributed by atoms with Crippen molar-refractivity contribution >= 4 is 11.9 Å². The molecule has 1 amide bonds. The molecule has 2 heterocycles. The Hall–Kier alpha value is -2.73. The van der Waals surface area contributed by atoms with Crippen LogP contribution in [0, 0.1) is 0 Å². The molecule has 2 aromatic rings. The van der Waals surface area contributed by atoms with Crippen LogP contribution in [0.1, 0.15) is 45.8 Å². The van der Waals surface area contributed by atoms with Gasteiger partial charge < -0.3 is 10.4 Å². The van der Waals surface area contributed by atoms with E-state index in [4.69, 9.17) is 5.11 Å². The van der Waals surface area contributed by atoms with Crippen molar-refractivity contribution in [1.82, 2.24) is 15.2 Å². The number of carboxylic acid groups (broad SMARTS) is 1. The van der Waals surface area contributed by atoms with Crippen molar-refractivity contribution in [2.75, 3.05) is 13.1 Å². The van der Waals surface area contributed by atoms with Crippen molar-refractivity contribution in [3.63, 3.8) is 0 Å². The van der Waals surface area contributed by atoms with E-state index in [2.05, 4.69) is 53.3 Å². The van der Waals surface area contributed by atoms with Crippen LogP contribution in [0.4, 0.5) is 0 Å². The number of hydrogen-bond donors (Lipinski definition) is 2. The van der Waals surface area contributed by atoms with Gasteiger partial charge in [0, 0.05) is 31.4 Å². The number of nitrogens with zero attached hydrogens (tertiary/aromatic N) is 2. The summed E-state index contributed by atoms with van der Waals surface area (Å²) in [6.07, 6.45) is 2.30. The molecule has 3 rings (SSSR count). The van der Waals surface area contributed by atoms with Gasteiger partial charge in [0.25, 0.3) is 5.91 Å². The first-order chi connectivity index (χ1) is 12.4. The smallest absolute Gasteiger partial charge is 0.354 e. The minimum Gasteiger partial charge on any atom is -0.477 e. The minimum absolute atomic E-state index is 0.0751. The van der Waals surface area contributed by atoms with Gasteiger partial charge in [0.1, 0.15) is 5.69 Å². The number of amides is 1. The molecule has 0 fully saturated rings. The highest BCUT2D eigenvalue weighted by Gasteiger charge is 2.30. The van der Waals surface area contributed by atoms with Crippen molar-refractivity contribution in [2.45, 2.75) is 32.4 Å². The molecule has 6 nitrogen and oxygen atoms in total. The lowest BCUT2D eigenvalue weighted by molar-refractivity contribution is 0.0689. The van der Waals surface area contributed by atoms with E-state index >= 15 is 0 Å². The van der Waals surface area contributed by atoms with Crippen LogP contribution in [-0.4, -0.2) is 45.5 Å². The van der Waals surface area contributed by atoms with Crippen LogP contribution in [0.2, 0.25) is 0 Å². The van der Waals surface area contributed by atoms with Crippen molar-refractivity contribution < 1.29 is 14.7 Å². The summed E-state index contributed by atoms with van der Waals surface area (Å²) in [6.45, 7) is 6.55. The maximum atomic E-state index is 12.3. The zero-order valence-electron chi connectivity index (χ0n) is 15.0. The summed E-state index contributed by atoms with van der Waals surface area (Å²) >= 11 is 0. The third-order valence-electron chi connectivity index (χ3n) is 4.91. The minimum atomic E-state index is -1.11. The van der Waals surface area contributed by atoms with Gasteiger partial charge in [-0.25, -0.2) is 9.78 Å². The Morgan fingerprint density at radius 1 is 1.19 bits per heavy atom. The Morgan fingerprint density at radius 3 is 2.58 bits per heavy atom. The maximum absolute atomic E-state index is 12.3. The second-order valence-corrected chi connectivity index (χ2v) is 7.17. The Kier molecular flexibility index (Phi) is 5.04.